The zero-order chi connectivity index (χ0) is 14.8. The lowest BCUT2D eigenvalue weighted by atomic mass is 9.99. The van der Waals surface area contributed by atoms with Crippen molar-refractivity contribution in [3.05, 3.63) is 0 Å². The van der Waals surface area contributed by atoms with E-state index in [1.165, 1.54) is 0 Å². The largest absolute Gasteiger partial charge is 0.357 e. The summed E-state index contributed by atoms with van der Waals surface area (Å²) in [7, 11) is 1.63. The summed E-state index contributed by atoms with van der Waals surface area (Å²) in [6, 6.07) is -0.297. The lowest BCUT2D eigenvalue weighted by molar-refractivity contribution is -0.147. The number of nitrogens with one attached hydrogen (secondary N) is 2. The van der Waals surface area contributed by atoms with Crippen molar-refractivity contribution in [3.63, 3.8) is 0 Å². The molecule has 6 nitrogen and oxygen atoms in total. The van der Waals surface area contributed by atoms with Crippen LogP contribution in [0.15, 0.2) is 0 Å². The molecule has 0 aromatic rings. The number of hydrogen-bond acceptors (Lipinski definition) is 4. The molecule has 2 aliphatic heterocycles. The molecule has 0 spiro atoms. The Morgan fingerprint density at radius 3 is 2.45 bits per heavy atom. The highest BCUT2D eigenvalue weighted by molar-refractivity contribution is 5.92. The average Bonchev–Trinajstić information content (AvgIpc) is 2.95. The molecule has 2 fully saturated rings. The Hall–Kier alpha value is -1.14. The minimum Gasteiger partial charge on any atom is -0.357 e. The fraction of sp³-hybridized carbons (Fsp3) is 0.857. The number of likely N-dealkylation sites (N-methyl/N-ethyl adjacent to an activating group) is 1. The van der Waals surface area contributed by atoms with Crippen molar-refractivity contribution in [2.45, 2.75) is 38.3 Å². The van der Waals surface area contributed by atoms with Crippen LogP contribution in [0, 0.1) is 0 Å². The first kappa shape index (κ1) is 15.3. The molecular formula is C14H26N4O2. The van der Waals surface area contributed by atoms with Gasteiger partial charge in [-0.15, -0.1) is 0 Å². The van der Waals surface area contributed by atoms with Crippen molar-refractivity contribution in [1.82, 2.24) is 20.4 Å². The molecule has 0 aromatic heterocycles. The predicted molar refractivity (Wildman–Crippen MR) is 77.3 cm³/mol. The van der Waals surface area contributed by atoms with Crippen LogP contribution in [0.2, 0.25) is 0 Å². The van der Waals surface area contributed by atoms with Crippen molar-refractivity contribution >= 4 is 11.8 Å². The Morgan fingerprint density at radius 1 is 1.20 bits per heavy atom. The zero-order valence-corrected chi connectivity index (χ0v) is 12.7. The van der Waals surface area contributed by atoms with E-state index in [1.54, 1.807) is 11.9 Å². The van der Waals surface area contributed by atoms with E-state index < -0.39 is 5.54 Å². The van der Waals surface area contributed by atoms with E-state index in [0.717, 1.165) is 39.0 Å². The number of rotatable bonds is 3. The van der Waals surface area contributed by atoms with Gasteiger partial charge >= 0.3 is 0 Å². The van der Waals surface area contributed by atoms with Crippen LogP contribution in [0.3, 0.4) is 0 Å². The Morgan fingerprint density at radius 2 is 1.85 bits per heavy atom. The summed E-state index contributed by atoms with van der Waals surface area (Å²) >= 11 is 0. The van der Waals surface area contributed by atoms with E-state index in [-0.39, 0.29) is 17.9 Å². The van der Waals surface area contributed by atoms with Crippen LogP contribution in [0.4, 0.5) is 0 Å². The minimum absolute atomic E-state index is 0.0491. The van der Waals surface area contributed by atoms with Gasteiger partial charge in [0.15, 0.2) is 0 Å². The number of likely N-dealkylation sites (tertiary alicyclic amines) is 1. The quantitative estimate of drug-likeness (QED) is 0.726. The third-order valence-corrected chi connectivity index (χ3v) is 4.49. The van der Waals surface area contributed by atoms with Crippen LogP contribution in [0.5, 0.6) is 0 Å². The lowest BCUT2D eigenvalue weighted by Gasteiger charge is -2.42. The molecule has 2 rings (SSSR count). The molecule has 114 valence electrons. The molecule has 2 N–H and O–H groups in total. The van der Waals surface area contributed by atoms with Crippen molar-refractivity contribution in [2.75, 3.05) is 39.8 Å². The summed E-state index contributed by atoms with van der Waals surface area (Å²) in [5.74, 6) is 0.0254. The highest BCUT2D eigenvalue weighted by Crippen LogP contribution is 2.25. The number of piperazine rings is 1. The van der Waals surface area contributed by atoms with Crippen LogP contribution >= 0.6 is 0 Å². The number of amides is 2. The van der Waals surface area contributed by atoms with E-state index in [9.17, 15) is 9.59 Å². The van der Waals surface area contributed by atoms with Gasteiger partial charge in [0.05, 0.1) is 5.54 Å². The van der Waals surface area contributed by atoms with Crippen LogP contribution < -0.4 is 10.6 Å². The molecule has 2 heterocycles. The van der Waals surface area contributed by atoms with Crippen molar-refractivity contribution in [1.29, 1.82) is 0 Å². The lowest BCUT2D eigenvalue weighted by Crippen LogP contribution is -2.62. The number of carbonyl (C=O) groups is 2. The maximum atomic E-state index is 12.9. The maximum Gasteiger partial charge on any atom is 0.243 e. The topological polar surface area (TPSA) is 64.7 Å². The predicted octanol–water partition coefficient (Wildman–Crippen LogP) is -0.593. The molecule has 6 heteroatoms. The molecule has 2 aliphatic rings. The molecule has 2 amide bonds. The molecule has 0 aromatic carbocycles. The standard InChI is InChI=1S/C14H26N4O2/c1-14(2,17-9-6-16-7-10-17)13(20)18-8-4-5-11(18)12(19)15-3/h11,16H,4-10H2,1-3H3,(H,15,19). The van der Waals surface area contributed by atoms with Gasteiger partial charge in [-0.1, -0.05) is 0 Å². The Labute approximate surface area is 120 Å². The van der Waals surface area contributed by atoms with Crippen molar-refractivity contribution in [2.24, 2.45) is 0 Å². The first-order valence-electron chi connectivity index (χ1n) is 7.47. The molecular weight excluding hydrogens is 256 g/mol. The summed E-state index contributed by atoms with van der Waals surface area (Å²) in [6.45, 7) is 8.20. The summed E-state index contributed by atoms with van der Waals surface area (Å²) < 4.78 is 0. The Bertz CT molecular complexity index is 377. The fourth-order valence-corrected chi connectivity index (χ4v) is 3.16. The molecule has 20 heavy (non-hydrogen) atoms. The van der Waals surface area contributed by atoms with Gasteiger partial charge in [0.25, 0.3) is 0 Å². The van der Waals surface area contributed by atoms with Gasteiger partial charge in [0.1, 0.15) is 6.04 Å². The number of nitrogens with zero attached hydrogens (tertiary/aromatic N) is 2. The van der Waals surface area contributed by atoms with Crippen molar-refractivity contribution in [3.8, 4) is 0 Å². The normalized spacial score (nSPS) is 24.8. The first-order chi connectivity index (χ1) is 9.48. The highest BCUT2D eigenvalue weighted by atomic mass is 16.2. The monoisotopic (exact) mass is 282 g/mol. The SMILES string of the molecule is CNC(=O)C1CCCN1C(=O)C(C)(C)N1CCNCC1. The van der Waals surface area contributed by atoms with Crippen LogP contribution in [-0.2, 0) is 9.59 Å². The molecule has 0 aliphatic carbocycles. The zero-order valence-electron chi connectivity index (χ0n) is 12.7. The number of hydrogen-bond donors (Lipinski definition) is 2. The third kappa shape index (κ3) is 2.81. The summed E-state index contributed by atoms with van der Waals surface area (Å²) in [6.07, 6.45) is 1.67. The molecule has 1 unspecified atom stereocenters. The van der Waals surface area contributed by atoms with Crippen LogP contribution in [0.1, 0.15) is 26.7 Å². The molecule has 2 saturated heterocycles. The minimum atomic E-state index is -0.543. The maximum absolute atomic E-state index is 12.9. The van der Waals surface area contributed by atoms with E-state index in [2.05, 4.69) is 15.5 Å². The van der Waals surface area contributed by atoms with Gasteiger partial charge in [-0.2, -0.15) is 0 Å². The second kappa shape index (κ2) is 6.10. The van der Waals surface area contributed by atoms with Gasteiger partial charge in [-0.05, 0) is 26.7 Å². The first-order valence-corrected chi connectivity index (χ1v) is 7.47. The van der Waals surface area contributed by atoms with E-state index in [4.69, 9.17) is 0 Å². The average molecular weight is 282 g/mol. The number of carbonyl (C=O) groups excluding carboxylic acids is 2. The second-order valence-corrected chi connectivity index (χ2v) is 6.07. The van der Waals surface area contributed by atoms with E-state index in [0.29, 0.717) is 6.54 Å². The fourth-order valence-electron chi connectivity index (χ4n) is 3.16. The molecule has 0 saturated carbocycles. The molecule has 0 bridgehead atoms. The van der Waals surface area contributed by atoms with Gasteiger partial charge in [0, 0.05) is 39.8 Å². The van der Waals surface area contributed by atoms with Crippen LogP contribution in [0.25, 0.3) is 0 Å². The van der Waals surface area contributed by atoms with E-state index in [1.807, 2.05) is 13.8 Å². The van der Waals surface area contributed by atoms with Gasteiger partial charge in [0.2, 0.25) is 11.8 Å². The summed E-state index contributed by atoms with van der Waals surface area (Å²) in [5, 5.41) is 5.97. The second-order valence-electron chi connectivity index (χ2n) is 6.07. The molecule has 0 radical (unpaired) electrons. The van der Waals surface area contributed by atoms with Gasteiger partial charge < -0.3 is 15.5 Å². The smallest absolute Gasteiger partial charge is 0.243 e. The Balaban J connectivity index is 2.10. The summed E-state index contributed by atoms with van der Waals surface area (Å²) in [4.78, 5) is 28.8. The third-order valence-electron chi connectivity index (χ3n) is 4.49. The highest BCUT2D eigenvalue weighted by Gasteiger charge is 2.43. The van der Waals surface area contributed by atoms with Crippen LogP contribution in [-0.4, -0.2) is 73.0 Å². The van der Waals surface area contributed by atoms with Gasteiger partial charge in [-0.3, -0.25) is 14.5 Å². The summed E-state index contributed by atoms with van der Waals surface area (Å²) in [5.41, 5.74) is -0.543. The van der Waals surface area contributed by atoms with E-state index >= 15 is 0 Å². The van der Waals surface area contributed by atoms with Gasteiger partial charge in [-0.25, -0.2) is 0 Å². The molecule has 1 atom stereocenters. The van der Waals surface area contributed by atoms with Crippen molar-refractivity contribution < 1.29 is 9.59 Å². The Kier molecular flexibility index (Phi) is 4.65.